The van der Waals surface area contributed by atoms with Crippen molar-refractivity contribution in [1.29, 1.82) is 0 Å². The van der Waals surface area contributed by atoms with E-state index in [1.54, 1.807) is 18.0 Å². The second-order valence-electron chi connectivity index (χ2n) is 1.88. The van der Waals surface area contributed by atoms with Crippen molar-refractivity contribution in [3.05, 3.63) is 18.0 Å². The van der Waals surface area contributed by atoms with E-state index in [-0.39, 0.29) is 0 Å². The van der Waals surface area contributed by atoms with Gasteiger partial charge in [-0.15, -0.1) is 0 Å². The van der Waals surface area contributed by atoms with Gasteiger partial charge in [0.05, 0.1) is 12.3 Å². The Morgan fingerprint density at radius 3 is 3.00 bits per heavy atom. The molecule has 0 fully saturated rings. The number of hydrogen-bond donors (Lipinski definition) is 0. The first-order valence-electron chi connectivity index (χ1n) is 2.80. The van der Waals surface area contributed by atoms with E-state index in [0.717, 1.165) is 5.69 Å². The molecule has 0 bridgehead atoms. The van der Waals surface area contributed by atoms with Crippen LogP contribution in [0, 0.1) is 0 Å². The van der Waals surface area contributed by atoms with Crippen LogP contribution in [0.15, 0.2) is 12.3 Å². The molecule has 0 spiro atoms. The molecule has 3 heteroatoms. The van der Waals surface area contributed by atoms with Crippen LogP contribution in [0.4, 0.5) is 0 Å². The zero-order valence-corrected chi connectivity index (χ0v) is 5.66. The van der Waals surface area contributed by atoms with Crippen molar-refractivity contribution in [2.45, 2.75) is 6.61 Å². The molecular formula is C6H10N2O. The molecular weight excluding hydrogens is 116 g/mol. The molecule has 1 heterocycles. The summed E-state index contributed by atoms with van der Waals surface area (Å²) in [7, 11) is 3.57. The van der Waals surface area contributed by atoms with Crippen LogP contribution in [0.2, 0.25) is 0 Å². The van der Waals surface area contributed by atoms with E-state index in [9.17, 15) is 0 Å². The Balaban J connectivity index is 2.69. The summed E-state index contributed by atoms with van der Waals surface area (Å²) in [4.78, 5) is 0. The molecule has 0 atom stereocenters. The third-order valence-electron chi connectivity index (χ3n) is 1.21. The van der Waals surface area contributed by atoms with Crippen molar-refractivity contribution in [3.8, 4) is 0 Å². The summed E-state index contributed by atoms with van der Waals surface area (Å²) in [6.45, 7) is 0.635. The lowest BCUT2D eigenvalue weighted by Crippen LogP contribution is -1.98. The van der Waals surface area contributed by atoms with E-state index in [0.29, 0.717) is 6.61 Å². The molecule has 1 rings (SSSR count). The highest BCUT2D eigenvalue weighted by Gasteiger charge is 1.93. The van der Waals surface area contributed by atoms with Crippen molar-refractivity contribution < 1.29 is 4.74 Å². The third-order valence-corrected chi connectivity index (χ3v) is 1.21. The Morgan fingerprint density at radius 2 is 2.56 bits per heavy atom. The monoisotopic (exact) mass is 126 g/mol. The summed E-state index contributed by atoms with van der Waals surface area (Å²) >= 11 is 0. The van der Waals surface area contributed by atoms with Crippen molar-refractivity contribution in [2.24, 2.45) is 7.05 Å². The maximum absolute atomic E-state index is 4.91. The molecule has 0 saturated carbocycles. The zero-order valence-electron chi connectivity index (χ0n) is 5.66. The standard InChI is InChI=1S/C6H10N2O/c1-8-6(5-9-2)3-4-7-8/h3-4H,5H2,1-2H3. The van der Waals surface area contributed by atoms with Crippen LogP contribution in [0.5, 0.6) is 0 Å². The summed E-state index contributed by atoms with van der Waals surface area (Å²) in [5, 5.41) is 3.97. The number of nitrogens with zero attached hydrogens (tertiary/aromatic N) is 2. The van der Waals surface area contributed by atoms with Gasteiger partial charge in [-0.25, -0.2) is 0 Å². The fraction of sp³-hybridized carbons (Fsp3) is 0.500. The largest absolute Gasteiger partial charge is 0.378 e. The number of ether oxygens (including phenoxy) is 1. The van der Waals surface area contributed by atoms with Crippen molar-refractivity contribution >= 4 is 0 Å². The van der Waals surface area contributed by atoms with Gasteiger partial charge in [-0.1, -0.05) is 0 Å². The van der Waals surface area contributed by atoms with Crippen molar-refractivity contribution in [1.82, 2.24) is 9.78 Å². The average Bonchev–Trinajstić information content (AvgIpc) is 2.18. The van der Waals surface area contributed by atoms with Crippen molar-refractivity contribution in [2.75, 3.05) is 7.11 Å². The number of hydrogen-bond acceptors (Lipinski definition) is 2. The van der Waals surface area contributed by atoms with E-state index in [4.69, 9.17) is 4.74 Å². The van der Waals surface area contributed by atoms with Gasteiger partial charge < -0.3 is 4.74 Å². The van der Waals surface area contributed by atoms with Gasteiger partial charge in [-0.3, -0.25) is 4.68 Å². The van der Waals surface area contributed by atoms with Crippen LogP contribution >= 0.6 is 0 Å². The molecule has 0 aliphatic heterocycles. The maximum atomic E-state index is 4.91. The molecule has 0 radical (unpaired) electrons. The first kappa shape index (κ1) is 6.29. The van der Waals surface area contributed by atoms with Crippen LogP contribution in [-0.2, 0) is 18.4 Å². The lowest BCUT2D eigenvalue weighted by Gasteiger charge is -1.97. The van der Waals surface area contributed by atoms with Crippen LogP contribution in [0.25, 0.3) is 0 Å². The quantitative estimate of drug-likeness (QED) is 0.579. The third kappa shape index (κ3) is 1.29. The Kier molecular flexibility index (Phi) is 1.85. The number of rotatable bonds is 2. The molecule has 1 aromatic rings. The smallest absolute Gasteiger partial charge is 0.0880 e. The minimum atomic E-state index is 0.635. The lowest BCUT2D eigenvalue weighted by molar-refractivity contribution is 0.178. The number of methoxy groups -OCH3 is 1. The molecule has 9 heavy (non-hydrogen) atoms. The maximum Gasteiger partial charge on any atom is 0.0880 e. The van der Waals surface area contributed by atoms with Gasteiger partial charge in [0.15, 0.2) is 0 Å². The molecule has 3 nitrogen and oxygen atoms in total. The fourth-order valence-corrected chi connectivity index (χ4v) is 0.691. The lowest BCUT2D eigenvalue weighted by atomic mass is 10.5. The number of aromatic nitrogens is 2. The highest BCUT2D eigenvalue weighted by molar-refractivity contribution is 4.97. The number of aryl methyl sites for hydroxylation is 1. The van der Waals surface area contributed by atoms with Gasteiger partial charge >= 0.3 is 0 Å². The topological polar surface area (TPSA) is 27.1 Å². The minimum absolute atomic E-state index is 0.635. The van der Waals surface area contributed by atoms with E-state index in [2.05, 4.69) is 5.10 Å². The first-order valence-corrected chi connectivity index (χ1v) is 2.80. The Labute approximate surface area is 54.2 Å². The van der Waals surface area contributed by atoms with E-state index < -0.39 is 0 Å². The second kappa shape index (κ2) is 2.64. The molecule has 0 unspecified atom stereocenters. The van der Waals surface area contributed by atoms with Gasteiger partial charge in [0.2, 0.25) is 0 Å². The van der Waals surface area contributed by atoms with Gasteiger partial charge in [-0.2, -0.15) is 5.10 Å². The minimum Gasteiger partial charge on any atom is -0.378 e. The van der Waals surface area contributed by atoms with Gasteiger partial charge in [-0.05, 0) is 6.07 Å². The fourth-order valence-electron chi connectivity index (χ4n) is 0.691. The summed E-state index contributed by atoms with van der Waals surface area (Å²) in [5.41, 5.74) is 1.09. The van der Waals surface area contributed by atoms with E-state index in [1.807, 2.05) is 13.1 Å². The molecule has 50 valence electrons. The predicted molar refractivity (Wildman–Crippen MR) is 33.9 cm³/mol. The van der Waals surface area contributed by atoms with Gasteiger partial charge in [0.25, 0.3) is 0 Å². The highest BCUT2D eigenvalue weighted by atomic mass is 16.5. The molecule has 0 aromatic carbocycles. The predicted octanol–water partition coefficient (Wildman–Crippen LogP) is 0.567. The summed E-state index contributed by atoms with van der Waals surface area (Å²) < 4.78 is 6.70. The molecule has 1 aromatic heterocycles. The summed E-state index contributed by atoms with van der Waals surface area (Å²) in [5.74, 6) is 0. The van der Waals surface area contributed by atoms with E-state index >= 15 is 0 Å². The van der Waals surface area contributed by atoms with Crippen LogP contribution in [-0.4, -0.2) is 16.9 Å². The summed E-state index contributed by atoms with van der Waals surface area (Å²) in [6.07, 6.45) is 1.76. The first-order chi connectivity index (χ1) is 4.34. The summed E-state index contributed by atoms with van der Waals surface area (Å²) in [6, 6.07) is 1.93. The second-order valence-corrected chi connectivity index (χ2v) is 1.88. The molecule has 0 saturated heterocycles. The molecule has 0 N–H and O–H groups in total. The highest BCUT2D eigenvalue weighted by Crippen LogP contribution is 1.96. The van der Waals surface area contributed by atoms with Crippen LogP contribution < -0.4 is 0 Å². The Hall–Kier alpha value is -0.830. The SMILES string of the molecule is COCc1ccnn1C. The molecule has 0 aliphatic rings. The van der Waals surface area contributed by atoms with E-state index in [1.165, 1.54) is 0 Å². The Bertz CT molecular complexity index is 183. The Morgan fingerprint density at radius 1 is 1.78 bits per heavy atom. The van der Waals surface area contributed by atoms with Gasteiger partial charge in [0, 0.05) is 20.4 Å². The normalized spacial score (nSPS) is 10.0. The average molecular weight is 126 g/mol. The van der Waals surface area contributed by atoms with Crippen molar-refractivity contribution in [3.63, 3.8) is 0 Å². The molecule has 0 amide bonds. The van der Waals surface area contributed by atoms with Crippen LogP contribution in [0.3, 0.4) is 0 Å². The molecule has 0 aliphatic carbocycles. The zero-order chi connectivity index (χ0) is 6.69. The van der Waals surface area contributed by atoms with Crippen LogP contribution in [0.1, 0.15) is 5.69 Å². The van der Waals surface area contributed by atoms with Gasteiger partial charge in [0.1, 0.15) is 0 Å².